The van der Waals surface area contributed by atoms with Gasteiger partial charge in [-0.25, -0.2) is 4.39 Å². The molecule has 1 aliphatic heterocycles. The number of nitrogens with two attached hydrogens (primary N) is 1. The lowest BCUT2D eigenvalue weighted by molar-refractivity contribution is 0.0199. The van der Waals surface area contributed by atoms with Crippen LogP contribution in [0.1, 0.15) is 24.6 Å². The maximum Gasteiger partial charge on any atom is 0.132 e. The fourth-order valence-corrected chi connectivity index (χ4v) is 2.01. The van der Waals surface area contributed by atoms with Crippen LogP contribution in [0.5, 0.6) is 0 Å². The van der Waals surface area contributed by atoms with Crippen LogP contribution in [0.2, 0.25) is 0 Å². The first-order valence-corrected chi connectivity index (χ1v) is 5.35. The second-order valence-corrected chi connectivity index (χ2v) is 4.01. The summed E-state index contributed by atoms with van der Waals surface area (Å²) < 4.78 is 19.4. The van der Waals surface area contributed by atoms with E-state index in [1.54, 1.807) is 12.1 Å². The van der Waals surface area contributed by atoms with Crippen LogP contribution in [0.3, 0.4) is 0 Å². The molecular weight excluding hydrogens is 193 g/mol. The lowest BCUT2D eigenvalue weighted by atomic mass is 9.91. The molecular formula is C12H16FNO. The first-order valence-electron chi connectivity index (χ1n) is 5.35. The van der Waals surface area contributed by atoms with E-state index in [1.165, 1.54) is 0 Å². The van der Waals surface area contributed by atoms with Crippen molar-refractivity contribution in [2.75, 3.05) is 18.9 Å². The van der Waals surface area contributed by atoms with Crippen molar-refractivity contribution in [3.63, 3.8) is 0 Å². The number of alkyl halides is 1. The Kier molecular flexibility index (Phi) is 3.21. The van der Waals surface area contributed by atoms with Crippen LogP contribution >= 0.6 is 0 Å². The van der Waals surface area contributed by atoms with E-state index in [9.17, 15) is 4.39 Å². The number of hydrogen-bond acceptors (Lipinski definition) is 2. The molecule has 82 valence electrons. The predicted octanol–water partition coefficient (Wildman–Crippen LogP) is 2.71. The Morgan fingerprint density at radius 3 is 2.87 bits per heavy atom. The monoisotopic (exact) mass is 209 g/mol. The Hall–Kier alpha value is -1.09. The summed E-state index contributed by atoms with van der Waals surface area (Å²) in [6.07, 6.45) is 0.833. The number of anilines is 1. The third kappa shape index (κ3) is 2.29. The molecule has 1 aromatic carbocycles. The number of hydrogen-bond donors (Lipinski definition) is 1. The average Bonchev–Trinajstić information content (AvgIpc) is 2.30. The molecule has 2 unspecified atom stereocenters. The van der Waals surface area contributed by atoms with Crippen LogP contribution in [0, 0.1) is 5.92 Å². The fraction of sp³-hybridized carbons (Fsp3) is 0.500. The lowest BCUT2D eigenvalue weighted by Crippen LogP contribution is -2.22. The number of benzene rings is 1. The largest absolute Gasteiger partial charge is 0.398 e. The van der Waals surface area contributed by atoms with Gasteiger partial charge in [-0.05, 0) is 18.9 Å². The minimum Gasteiger partial charge on any atom is -0.398 e. The molecule has 0 amide bonds. The van der Waals surface area contributed by atoms with Crippen molar-refractivity contribution in [3.8, 4) is 0 Å². The molecule has 2 nitrogen and oxygen atoms in total. The summed E-state index contributed by atoms with van der Waals surface area (Å²) in [6, 6.07) is 7.14. The third-order valence-corrected chi connectivity index (χ3v) is 2.90. The van der Waals surface area contributed by atoms with Gasteiger partial charge in [0.25, 0.3) is 0 Å². The summed E-state index contributed by atoms with van der Waals surface area (Å²) in [5.74, 6) is -0.0385. The number of nitrogen functional groups attached to an aromatic ring is 1. The van der Waals surface area contributed by atoms with Crippen molar-refractivity contribution in [3.05, 3.63) is 29.8 Å². The second-order valence-electron chi connectivity index (χ2n) is 4.01. The number of halogens is 1. The van der Waals surface area contributed by atoms with Gasteiger partial charge in [0.15, 0.2) is 0 Å². The van der Waals surface area contributed by atoms with Crippen molar-refractivity contribution in [1.82, 2.24) is 0 Å². The molecule has 2 atom stereocenters. The van der Waals surface area contributed by atoms with E-state index in [2.05, 4.69) is 0 Å². The van der Waals surface area contributed by atoms with E-state index < -0.39 is 6.17 Å². The first kappa shape index (κ1) is 10.4. The van der Waals surface area contributed by atoms with Crippen LogP contribution in [-0.4, -0.2) is 13.2 Å². The molecule has 3 heteroatoms. The zero-order valence-corrected chi connectivity index (χ0v) is 8.66. The molecule has 1 aromatic rings. The van der Waals surface area contributed by atoms with Gasteiger partial charge in [0.1, 0.15) is 6.17 Å². The topological polar surface area (TPSA) is 35.2 Å². The van der Waals surface area contributed by atoms with Gasteiger partial charge in [-0.3, -0.25) is 0 Å². The van der Waals surface area contributed by atoms with Crippen molar-refractivity contribution in [1.29, 1.82) is 0 Å². The Labute approximate surface area is 89.2 Å². The summed E-state index contributed by atoms with van der Waals surface area (Å²) in [4.78, 5) is 0. The van der Waals surface area contributed by atoms with Gasteiger partial charge < -0.3 is 10.5 Å². The number of para-hydroxylation sites is 1. The van der Waals surface area contributed by atoms with E-state index in [4.69, 9.17) is 10.5 Å². The van der Waals surface area contributed by atoms with Crippen LogP contribution in [-0.2, 0) is 4.74 Å². The lowest BCUT2D eigenvalue weighted by Gasteiger charge is -2.26. The van der Waals surface area contributed by atoms with Gasteiger partial charge in [0.05, 0.1) is 6.61 Å². The molecule has 0 aromatic heterocycles. The molecule has 0 saturated carbocycles. The highest BCUT2D eigenvalue weighted by Crippen LogP contribution is 2.34. The molecule has 0 aliphatic carbocycles. The summed E-state index contributed by atoms with van der Waals surface area (Å²) >= 11 is 0. The summed E-state index contributed by atoms with van der Waals surface area (Å²) in [6.45, 7) is 1.27. The molecule has 1 fully saturated rings. The first-order chi connectivity index (χ1) is 7.29. The van der Waals surface area contributed by atoms with Gasteiger partial charge in [-0.2, -0.15) is 0 Å². The van der Waals surface area contributed by atoms with Crippen molar-refractivity contribution < 1.29 is 9.13 Å². The third-order valence-electron chi connectivity index (χ3n) is 2.90. The van der Waals surface area contributed by atoms with E-state index in [1.807, 2.05) is 12.1 Å². The highest BCUT2D eigenvalue weighted by molar-refractivity contribution is 5.47. The zero-order chi connectivity index (χ0) is 10.7. The summed E-state index contributed by atoms with van der Waals surface area (Å²) in [7, 11) is 0. The van der Waals surface area contributed by atoms with E-state index in [0.29, 0.717) is 17.9 Å². The molecule has 2 rings (SSSR count). The Morgan fingerprint density at radius 2 is 2.20 bits per heavy atom. The Bertz CT molecular complexity index is 323. The maximum absolute atomic E-state index is 14.1. The predicted molar refractivity (Wildman–Crippen MR) is 58.2 cm³/mol. The van der Waals surface area contributed by atoms with Crippen LogP contribution < -0.4 is 5.73 Å². The van der Waals surface area contributed by atoms with Gasteiger partial charge in [0, 0.05) is 23.8 Å². The second kappa shape index (κ2) is 4.62. The van der Waals surface area contributed by atoms with Gasteiger partial charge in [-0.15, -0.1) is 0 Å². The van der Waals surface area contributed by atoms with Gasteiger partial charge >= 0.3 is 0 Å². The molecule has 0 bridgehead atoms. The number of rotatable bonds is 2. The highest BCUT2D eigenvalue weighted by atomic mass is 19.1. The van der Waals surface area contributed by atoms with Crippen molar-refractivity contribution >= 4 is 5.69 Å². The zero-order valence-electron chi connectivity index (χ0n) is 8.66. The molecule has 1 heterocycles. The van der Waals surface area contributed by atoms with Crippen molar-refractivity contribution in [2.24, 2.45) is 5.92 Å². The average molecular weight is 209 g/mol. The van der Waals surface area contributed by atoms with E-state index in [-0.39, 0.29) is 5.92 Å². The Balaban J connectivity index is 2.12. The maximum atomic E-state index is 14.1. The molecule has 0 spiro atoms. The summed E-state index contributed by atoms with van der Waals surface area (Å²) in [5.41, 5.74) is 6.89. The fourth-order valence-electron chi connectivity index (χ4n) is 2.01. The quantitative estimate of drug-likeness (QED) is 0.760. The smallest absolute Gasteiger partial charge is 0.132 e. The summed E-state index contributed by atoms with van der Waals surface area (Å²) in [5, 5.41) is 0. The van der Waals surface area contributed by atoms with Gasteiger partial charge in [-0.1, -0.05) is 18.2 Å². The highest BCUT2D eigenvalue weighted by Gasteiger charge is 2.26. The van der Waals surface area contributed by atoms with E-state index in [0.717, 1.165) is 19.4 Å². The minimum absolute atomic E-state index is 0.0385. The minimum atomic E-state index is -0.994. The normalized spacial score (nSPS) is 23.7. The molecule has 2 N–H and O–H groups in total. The molecule has 1 saturated heterocycles. The van der Waals surface area contributed by atoms with Gasteiger partial charge in [0.2, 0.25) is 0 Å². The molecule has 15 heavy (non-hydrogen) atoms. The SMILES string of the molecule is Nc1ccccc1C(F)C1CCCOC1. The number of ether oxygens (including phenoxy) is 1. The Morgan fingerprint density at radius 1 is 1.40 bits per heavy atom. The van der Waals surface area contributed by atoms with Crippen LogP contribution in [0.25, 0.3) is 0 Å². The molecule has 0 radical (unpaired) electrons. The van der Waals surface area contributed by atoms with Crippen molar-refractivity contribution in [2.45, 2.75) is 19.0 Å². The van der Waals surface area contributed by atoms with Crippen LogP contribution in [0.4, 0.5) is 10.1 Å². The van der Waals surface area contributed by atoms with E-state index >= 15 is 0 Å². The van der Waals surface area contributed by atoms with Crippen LogP contribution in [0.15, 0.2) is 24.3 Å². The molecule has 1 aliphatic rings. The standard InChI is InChI=1S/C12H16FNO/c13-12(9-4-3-7-15-8-9)10-5-1-2-6-11(10)14/h1-2,5-6,9,12H,3-4,7-8,14H2.